The number of thiophene rings is 1. The van der Waals surface area contributed by atoms with E-state index in [2.05, 4.69) is 30.1 Å². The SMILES string of the molecule is CC(C)c1sc(-c2cccc(-c3nnco3)c2)cc1Cl. The number of hydrogen-bond donors (Lipinski definition) is 0. The van der Waals surface area contributed by atoms with Gasteiger partial charge >= 0.3 is 0 Å². The summed E-state index contributed by atoms with van der Waals surface area (Å²) < 4.78 is 5.23. The first-order valence-electron chi connectivity index (χ1n) is 6.31. The molecular weight excluding hydrogens is 292 g/mol. The Balaban J connectivity index is 2.03. The molecule has 0 N–H and O–H groups in total. The van der Waals surface area contributed by atoms with E-state index in [1.165, 1.54) is 11.3 Å². The first-order chi connectivity index (χ1) is 9.65. The Morgan fingerprint density at radius 1 is 1.20 bits per heavy atom. The van der Waals surface area contributed by atoms with Gasteiger partial charge in [-0.1, -0.05) is 37.6 Å². The molecule has 5 heteroatoms. The first-order valence-corrected chi connectivity index (χ1v) is 7.51. The summed E-state index contributed by atoms with van der Waals surface area (Å²) in [5.74, 6) is 0.957. The van der Waals surface area contributed by atoms with Crippen LogP contribution < -0.4 is 0 Å². The maximum absolute atomic E-state index is 6.30. The van der Waals surface area contributed by atoms with Crippen molar-refractivity contribution in [1.82, 2.24) is 10.2 Å². The standard InChI is InChI=1S/C15H13ClN2OS/c1-9(2)14-12(16)7-13(20-14)10-4-3-5-11(6-10)15-18-17-8-19-15/h3-9H,1-2H3. The molecule has 0 saturated heterocycles. The van der Waals surface area contributed by atoms with Crippen molar-refractivity contribution in [1.29, 1.82) is 0 Å². The van der Waals surface area contributed by atoms with E-state index in [0.29, 0.717) is 11.8 Å². The van der Waals surface area contributed by atoms with E-state index in [0.717, 1.165) is 21.0 Å². The van der Waals surface area contributed by atoms with Crippen molar-refractivity contribution in [2.45, 2.75) is 19.8 Å². The molecule has 0 atom stereocenters. The fourth-order valence-electron chi connectivity index (χ4n) is 2.02. The van der Waals surface area contributed by atoms with E-state index in [4.69, 9.17) is 16.0 Å². The van der Waals surface area contributed by atoms with Gasteiger partial charge in [0.05, 0.1) is 5.02 Å². The molecule has 2 heterocycles. The molecule has 0 saturated carbocycles. The second-order valence-corrected chi connectivity index (χ2v) is 6.29. The number of halogens is 1. The summed E-state index contributed by atoms with van der Waals surface area (Å²) in [6.45, 7) is 4.30. The normalized spacial score (nSPS) is 11.2. The minimum Gasteiger partial charge on any atom is -0.423 e. The predicted molar refractivity (Wildman–Crippen MR) is 82.1 cm³/mol. The van der Waals surface area contributed by atoms with E-state index in [9.17, 15) is 0 Å². The summed E-state index contributed by atoms with van der Waals surface area (Å²) >= 11 is 8.03. The second kappa shape index (κ2) is 5.38. The second-order valence-electron chi connectivity index (χ2n) is 4.80. The summed E-state index contributed by atoms with van der Waals surface area (Å²) in [5, 5.41) is 8.48. The summed E-state index contributed by atoms with van der Waals surface area (Å²) in [7, 11) is 0. The molecule has 0 fully saturated rings. The predicted octanol–water partition coefficient (Wildman–Crippen LogP) is 5.24. The molecule has 0 aliphatic rings. The minimum atomic E-state index is 0.431. The van der Waals surface area contributed by atoms with Crippen molar-refractivity contribution in [3.63, 3.8) is 0 Å². The van der Waals surface area contributed by atoms with Crippen molar-refractivity contribution >= 4 is 22.9 Å². The zero-order chi connectivity index (χ0) is 14.1. The summed E-state index contributed by atoms with van der Waals surface area (Å²) in [6, 6.07) is 10.1. The van der Waals surface area contributed by atoms with Crippen LogP contribution in [0.5, 0.6) is 0 Å². The third kappa shape index (κ3) is 2.49. The Morgan fingerprint density at radius 3 is 2.65 bits per heavy atom. The van der Waals surface area contributed by atoms with Crippen molar-refractivity contribution in [3.05, 3.63) is 46.6 Å². The van der Waals surface area contributed by atoms with Crippen LogP contribution in [0.2, 0.25) is 5.02 Å². The molecule has 0 aliphatic carbocycles. The van der Waals surface area contributed by atoms with Gasteiger partial charge in [-0.25, -0.2) is 0 Å². The Morgan fingerprint density at radius 2 is 2.00 bits per heavy atom. The van der Waals surface area contributed by atoms with Gasteiger partial charge in [-0.3, -0.25) is 0 Å². The lowest BCUT2D eigenvalue weighted by molar-refractivity contribution is 0.568. The highest BCUT2D eigenvalue weighted by molar-refractivity contribution is 7.16. The molecule has 3 aromatic rings. The largest absolute Gasteiger partial charge is 0.423 e. The zero-order valence-corrected chi connectivity index (χ0v) is 12.7. The van der Waals surface area contributed by atoms with E-state index < -0.39 is 0 Å². The van der Waals surface area contributed by atoms with Crippen LogP contribution in [0.15, 0.2) is 41.1 Å². The first kappa shape index (κ1) is 13.3. The zero-order valence-electron chi connectivity index (χ0n) is 11.1. The van der Waals surface area contributed by atoms with Crippen LogP contribution in [0, 0.1) is 0 Å². The highest BCUT2D eigenvalue weighted by Gasteiger charge is 2.13. The average molecular weight is 305 g/mol. The smallest absolute Gasteiger partial charge is 0.247 e. The average Bonchev–Trinajstić information content (AvgIpc) is 3.08. The minimum absolute atomic E-state index is 0.431. The monoisotopic (exact) mass is 304 g/mol. The molecule has 0 spiro atoms. The molecule has 2 aromatic heterocycles. The molecule has 0 unspecified atom stereocenters. The number of hydrogen-bond acceptors (Lipinski definition) is 4. The highest BCUT2D eigenvalue weighted by Crippen LogP contribution is 2.39. The summed E-state index contributed by atoms with van der Waals surface area (Å²) in [5.41, 5.74) is 2.02. The van der Waals surface area contributed by atoms with Gasteiger partial charge in [0.15, 0.2) is 0 Å². The van der Waals surface area contributed by atoms with Gasteiger partial charge in [-0.2, -0.15) is 0 Å². The van der Waals surface area contributed by atoms with Gasteiger partial charge in [0, 0.05) is 15.3 Å². The van der Waals surface area contributed by atoms with Crippen LogP contribution >= 0.6 is 22.9 Å². The molecule has 3 nitrogen and oxygen atoms in total. The highest BCUT2D eigenvalue weighted by atomic mass is 35.5. The van der Waals surface area contributed by atoms with Crippen LogP contribution in [-0.4, -0.2) is 10.2 Å². The summed E-state index contributed by atoms with van der Waals surface area (Å²) in [6.07, 6.45) is 1.33. The topological polar surface area (TPSA) is 38.9 Å². The fraction of sp³-hybridized carbons (Fsp3) is 0.200. The molecule has 102 valence electrons. The third-order valence-corrected chi connectivity index (χ3v) is 4.90. The Kier molecular flexibility index (Phi) is 3.59. The molecule has 0 bridgehead atoms. The molecule has 0 aliphatic heterocycles. The lowest BCUT2D eigenvalue weighted by Crippen LogP contribution is -1.80. The van der Waals surface area contributed by atoms with Gasteiger partial charge in [-0.05, 0) is 29.7 Å². The van der Waals surface area contributed by atoms with E-state index in [-0.39, 0.29) is 0 Å². The van der Waals surface area contributed by atoms with E-state index in [1.807, 2.05) is 24.3 Å². The molecule has 0 radical (unpaired) electrons. The summed E-state index contributed by atoms with van der Waals surface area (Å²) in [4.78, 5) is 2.37. The molecule has 1 aromatic carbocycles. The van der Waals surface area contributed by atoms with E-state index >= 15 is 0 Å². The molecule has 0 amide bonds. The van der Waals surface area contributed by atoms with Crippen molar-refractivity contribution in [3.8, 4) is 21.9 Å². The number of aromatic nitrogens is 2. The lowest BCUT2D eigenvalue weighted by Gasteiger charge is -2.01. The third-order valence-electron chi connectivity index (χ3n) is 2.99. The van der Waals surface area contributed by atoms with Gasteiger partial charge in [-0.15, -0.1) is 21.5 Å². The quantitative estimate of drug-likeness (QED) is 0.664. The molecular formula is C15H13ClN2OS. The molecule has 20 heavy (non-hydrogen) atoms. The van der Waals surface area contributed by atoms with Gasteiger partial charge in [0.1, 0.15) is 0 Å². The number of rotatable bonds is 3. The Labute approximate surface area is 126 Å². The van der Waals surface area contributed by atoms with Gasteiger partial charge in [0.25, 0.3) is 0 Å². The van der Waals surface area contributed by atoms with Crippen LogP contribution in [0.3, 0.4) is 0 Å². The van der Waals surface area contributed by atoms with Crippen molar-refractivity contribution in [2.24, 2.45) is 0 Å². The maximum Gasteiger partial charge on any atom is 0.247 e. The van der Waals surface area contributed by atoms with Crippen molar-refractivity contribution in [2.75, 3.05) is 0 Å². The molecule has 3 rings (SSSR count). The van der Waals surface area contributed by atoms with Crippen LogP contribution in [0.1, 0.15) is 24.6 Å². The van der Waals surface area contributed by atoms with Gasteiger partial charge in [0.2, 0.25) is 12.3 Å². The Hall–Kier alpha value is -1.65. The number of nitrogens with zero attached hydrogens (tertiary/aromatic N) is 2. The van der Waals surface area contributed by atoms with Crippen LogP contribution in [0.25, 0.3) is 21.9 Å². The van der Waals surface area contributed by atoms with Crippen LogP contribution in [-0.2, 0) is 0 Å². The Bertz CT molecular complexity index is 719. The maximum atomic E-state index is 6.30. The van der Waals surface area contributed by atoms with Crippen LogP contribution in [0.4, 0.5) is 0 Å². The van der Waals surface area contributed by atoms with Gasteiger partial charge < -0.3 is 4.42 Å². The number of benzene rings is 1. The lowest BCUT2D eigenvalue weighted by atomic mass is 10.1. The fourth-order valence-corrected chi connectivity index (χ4v) is 3.58. The van der Waals surface area contributed by atoms with Crippen molar-refractivity contribution < 1.29 is 4.42 Å². The van der Waals surface area contributed by atoms with E-state index in [1.54, 1.807) is 11.3 Å².